The monoisotopic (exact) mass is 341 g/mol. The van der Waals surface area contributed by atoms with Crippen molar-refractivity contribution in [2.45, 2.75) is 32.6 Å². The molecule has 0 bridgehead atoms. The van der Waals surface area contributed by atoms with Gasteiger partial charge in [-0.2, -0.15) is 0 Å². The zero-order valence-electron chi connectivity index (χ0n) is 15.0. The highest BCUT2D eigenvalue weighted by molar-refractivity contribution is 5.10. The van der Waals surface area contributed by atoms with E-state index in [1.54, 1.807) is 0 Å². The van der Waals surface area contributed by atoms with E-state index in [-0.39, 0.29) is 0 Å². The molecule has 2 aromatic rings. The van der Waals surface area contributed by atoms with Gasteiger partial charge < -0.3 is 9.30 Å². The number of rotatable bonds is 6. The third kappa shape index (κ3) is 4.26. The molecule has 0 aromatic carbocycles. The Bertz CT molecular complexity index is 680. The fraction of sp³-hybridized carbons (Fsp3) is 0.579. The van der Waals surface area contributed by atoms with Gasteiger partial charge in [-0.15, -0.1) is 0 Å². The normalized spacial score (nSPS) is 21.0. The van der Waals surface area contributed by atoms with Gasteiger partial charge in [-0.05, 0) is 31.0 Å². The van der Waals surface area contributed by atoms with Crippen LogP contribution in [0.3, 0.4) is 0 Å². The lowest BCUT2D eigenvalue weighted by Gasteiger charge is -2.29. The van der Waals surface area contributed by atoms with Crippen molar-refractivity contribution in [1.29, 1.82) is 0 Å². The summed E-state index contributed by atoms with van der Waals surface area (Å²) < 4.78 is 7.84. The van der Waals surface area contributed by atoms with Crippen LogP contribution < -0.4 is 0 Å². The minimum atomic E-state index is 0.701. The van der Waals surface area contributed by atoms with Crippen molar-refractivity contribution in [3.8, 4) is 0 Å². The maximum Gasteiger partial charge on any atom is 0.123 e. The molecule has 1 saturated heterocycles. The number of nitrogens with zero attached hydrogens (tertiary/aromatic N) is 5. The van der Waals surface area contributed by atoms with E-state index >= 15 is 0 Å². The summed E-state index contributed by atoms with van der Waals surface area (Å²) in [4.78, 5) is 13.9. The van der Waals surface area contributed by atoms with Crippen molar-refractivity contribution >= 4 is 0 Å². The fourth-order valence-electron chi connectivity index (χ4n) is 3.82. The van der Waals surface area contributed by atoms with E-state index in [0.717, 1.165) is 58.2 Å². The average molecular weight is 341 g/mol. The van der Waals surface area contributed by atoms with E-state index in [2.05, 4.69) is 38.7 Å². The average Bonchev–Trinajstić information content (AvgIpc) is 3.24. The van der Waals surface area contributed by atoms with E-state index in [9.17, 15) is 0 Å². The van der Waals surface area contributed by atoms with Gasteiger partial charge in [-0.1, -0.05) is 6.07 Å². The van der Waals surface area contributed by atoms with Gasteiger partial charge in [-0.3, -0.25) is 14.8 Å². The van der Waals surface area contributed by atoms with E-state index in [1.165, 1.54) is 17.8 Å². The SMILES string of the molecule is CN(Cc1cccnc1)Cc1cn2c(n1)CN(C[C@H]1CCOC1)CC2. The Kier molecular flexibility index (Phi) is 5.10. The zero-order valence-corrected chi connectivity index (χ0v) is 15.0. The minimum Gasteiger partial charge on any atom is -0.381 e. The van der Waals surface area contributed by atoms with Crippen molar-refractivity contribution in [1.82, 2.24) is 24.3 Å². The van der Waals surface area contributed by atoms with Crippen LogP contribution >= 0.6 is 0 Å². The maximum absolute atomic E-state index is 5.51. The summed E-state index contributed by atoms with van der Waals surface area (Å²) in [7, 11) is 2.14. The number of ether oxygens (including phenoxy) is 1. The van der Waals surface area contributed by atoms with Crippen LogP contribution in [-0.2, 0) is 30.9 Å². The number of aromatic nitrogens is 3. The molecule has 1 atom stereocenters. The first-order valence-corrected chi connectivity index (χ1v) is 9.19. The highest BCUT2D eigenvalue weighted by Gasteiger charge is 2.23. The minimum absolute atomic E-state index is 0.701. The number of pyridine rings is 1. The van der Waals surface area contributed by atoms with Gasteiger partial charge in [0.15, 0.2) is 0 Å². The van der Waals surface area contributed by atoms with Gasteiger partial charge in [0.2, 0.25) is 0 Å². The largest absolute Gasteiger partial charge is 0.381 e. The van der Waals surface area contributed by atoms with Crippen LogP contribution in [0.4, 0.5) is 0 Å². The number of hydrogen-bond acceptors (Lipinski definition) is 5. The van der Waals surface area contributed by atoms with Crippen molar-refractivity contribution in [2.75, 3.05) is 33.4 Å². The Morgan fingerprint density at radius 2 is 2.28 bits per heavy atom. The summed E-state index contributed by atoms with van der Waals surface area (Å²) in [5, 5.41) is 0. The van der Waals surface area contributed by atoms with E-state index in [4.69, 9.17) is 9.72 Å². The highest BCUT2D eigenvalue weighted by atomic mass is 16.5. The molecular formula is C19H27N5O. The quantitative estimate of drug-likeness (QED) is 0.801. The molecule has 25 heavy (non-hydrogen) atoms. The fourth-order valence-corrected chi connectivity index (χ4v) is 3.82. The first kappa shape index (κ1) is 16.7. The molecule has 0 radical (unpaired) electrons. The smallest absolute Gasteiger partial charge is 0.123 e. The molecule has 4 heterocycles. The molecule has 4 rings (SSSR count). The third-order valence-corrected chi connectivity index (χ3v) is 5.08. The van der Waals surface area contributed by atoms with Gasteiger partial charge in [0.25, 0.3) is 0 Å². The molecule has 0 N–H and O–H groups in total. The summed E-state index contributed by atoms with van der Waals surface area (Å²) in [5.74, 6) is 1.90. The van der Waals surface area contributed by atoms with E-state index in [1.807, 2.05) is 18.5 Å². The molecule has 0 unspecified atom stereocenters. The van der Waals surface area contributed by atoms with Crippen molar-refractivity contribution in [2.24, 2.45) is 5.92 Å². The standard InChI is InChI=1S/C19H27N5O/c1-22(10-16-3-2-5-20-9-16)12-18-13-24-7-6-23(14-19(24)21-18)11-17-4-8-25-15-17/h2-3,5,9,13,17H,4,6-8,10-12,14-15H2,1H3/t17-/m1/s1. The van der Waals surface area contributed by atoms with Crippen LogP contribution in [0.2, 0.25) is 0 Å². The van der Waals surface area contributed by atoms with Crippen LogP contribution in [0.1, 0.15) is 23.5 Å². The van der Waals surface area contributed by atoms with Crippen LogP contribution in [0, 0.1) is 5.92 Å². The van der Waals surface area contributed by atoms with Crippen LogP contribution in [0.5, 0.6) is 0 Å². The summed E-state index contributed by atoms with van der Waals surface area (Å²) >= 11 is 0. The number of hydrogen-bond donors (Lipinski definition) is 0. The van der Waals surface area contributed by atoms with E-state index in [0.29, 0.717) is 5.92 Å². The van der Waals surface area contributed by atoms with Gasteiger partial charge in [-0.25, -0.2) is 4.98 Å². The van der Waals surface area contributed by atoms with Crippen LogP contribution in [0.25, 0.3) is 0 Å². The molecule has 6 nitrogen and oxygen atoms in total. The molecule has 0 spiro atoms. The molecule has 134 valence electrons. The molecule has 0 aliphatic carbocycles. The Morgan fingerprint density at radius 3 is 3.08 bits per heavy atom. The number of fused-ring (bicyclic) bond motifs is 1. The molecule has 2 aliphatic heterocycles. The lowest BCUT2D eigenvalue weighted by molar-refractivity contribution is 0.152. The Hall–Kier alpha value is -1.76. The van der Waals surface area contributed by atoms with Crippen molar-refractivity contribution in [3.63, 3.8) is 0 Å². The van der Waals surface area contributed by atoms with Crippen LogP contribution in [-0.4, -0.2) is 57.7 Å². The predicted octanol–water partition coefficient (Wildman–Crippen LogP) is 1.76. The Morgan fingerprint density at radius 1 is 1.32 bits per heavy atom. The summed E-state index contributed by atoms with van der Waals surface area (Å²) in [5.41, 5.74) is 2.39. The summed E-state index contributed by atoms with van der Waals surface area (Å²) in [6.07, 6.45) is 7.18. The second-order valence-electron chi connectivity index (χ2n) is 7.34. The van der Waals surface area contributed by atoms with E-state index < -0.39 is 0 Å². The molecule has 0 saturated carbocycles. The summed E-state index contributed by atoms with van der Waals surface area (Å²) in [6.45, 7) is 7.88. The van der Waals surface area contributed by atoms with Gasteiger partial charge in [0.05, 0.1) is 18.8 Å². The Labute approximate surface area is 149 Å². The number of imidazole rings is 1. The van der Waals surface area contributed by atoms with Gasteiger partial charge in [0, 0.05) is 57.9 Å². The second-order valence-corrected chi connectivity index (χ2v) is 7.34. The second kappa shape index (κ2) is 7.64. The lowest BCUT2D eigenvalue weighted by atomic mass is 10.1. The molecule has 0 amide bonds. The maximum atomic E-state index is 5.51. The summed E-state index contributed by atoms with van der Waals surface area (Å²) in [6, 6.07) is 4.11. The molecule has 6 heteroatoms. The van der Waals surface area contributed by atoms with Crippen LogP contribution in [0.15, 0.2) is 30.7 Å². The molecule has 2 aliphatic rings. The molecule has 2 aromatic heterocycles. The van der Waals surface area contributed by atoms with Crippen molar-refractivity contribution in [3.05, 3.63) is 47.8 Å². The molecule has 1 fully saturated rings. The zero-order chi connectivity index (χ0) is 17.1. The first-order valence-electron chi connectivity index (χ1n) is 9.19. The Balaban J connectivity index is 1.33. The predicted molar refractivity (Wildman–Crippen MR) is 95.8 cm³/mol. The third-order valence-electron chi connectivity index (χ3n) is 5.08. The molecular weight excluding hydrogens is 314 g/mol. The lowest BCUT2D eigenvalue weighted by Crippen LogP contribution is -2.37. The van der Waals surface area contributed by atoms with Gasteiger partial charge >= 0.3 is 0 Å². The first-order chi connectivity index (χ1) is 12.3. The highest BCUT2D eigenvalue weighted by Crippen LogP contribution is 2.19. The topological polar surface area (TPSA) is 46.4 Å². The van der Waals surface area contributed by atoms with Gasteiger partial charge in [0.1, 0.15) is 5.82 Å². The van der Waals surface area contributed by atoms with Crippen molar-refractivity contribution < 1.29 is 4.74 Å².